The molecule has 0 aliphatic heterocycles. The van der Waals surface area contributed by atoms with Crippen molar-refractivity contribution in [3.8, 4) is 0 Å². The zero-order valence-corrected chi connectivity index (χ0v) is 11.0. The number of fused-ring (bicyclic) bond motifs is 1. The minimum Gasteiger partial charge on any atom is -0.345 e. The van der Waals surface area contributed by atoms with Crippen LogP contribution in [0.2, 0.25) is 0 Å². The highest BCUT2D eigenvalue weighted by Gasteiger charge is 2.11. The molecule has 2 aromatic carbocycles. The smallest absolute Gasteiger partial charge is 0.291 e. The van der Waals surface area contributed by atoms with E-state index >= 15 is 0 Å². The highest BCUT2D eigenvalue weighted by Crippen LogP contribution is 2.08. The molecule has 104 valence electrons. The van der Waals surface area contributed by atoms with Gasteiger partial charge in [0.1, 0.15) is 11.3 Å². The Bertz CT molecular complexity index is 806. The van der Waals surface area contributed by atoms with E-state index in [4.69, 9.17) is 0 Å². The predicted octanol–water partition coefficient (Wildman–Crippen LogP) is 2.09. The van der Waals surface area contributed by atoms with Crippen molar-refractivity contribution in [2.24, 2.45) is 0 Å². The Kier molecular flexibility index (Phi) is 3.51. The van der Waals surface area contributed by atoms with Gasteiger partial charge in [-0.3, -0.25) is 4.79 Å². The zero-order valence-electron chi connectivity index (χ0n) is 11.0. The SMILES string of the molecule is O=C(NCc1ccccc1F)c1nnc2ccccc2n1. The van der Waals surface area contributed by atoms with Gasteiger partial charge in [0.05, 0.1) is 5.52 Å². The van der Waals surface area contributed by atoms with Crippen LogP contribution in [-0.2, 0) is 6.54 Å². The van der Waals surface area contributed by atoms with E-state index < -0.39 is 5.91 Å². The molecule has 0 fully saturated rings. The Labute approximate surface area is 119 Å². The summed E-state index contributed by atoms with van der Waals surface area (Å²) in [5, 5.41) is 10.3. The molecule has 0 spiro atoms. The van der Waals surface area contributed by atoms with Gasteiger partial charge in [-0.2, -0.15) is 0 Å². The van der Waals surface area contributed by atoms with Gasteiger partial charge in [0.2, 0.25) is 5.82 Å². The van der Waals surface area contributed by atoms with Crippen LogP contribution < -0.4 is 5.32 Å². The summed E-state index contributed by atoms with van der Waals surface area (Å²) in [5.41, 5.74) is 1.60. The number of amides is 1. The highest BCUT2D eigenvalue weighted by molar-refractivity contribution is 5.91. The topological polar surface area (TPSA) is 67.8 Å². The zero-order chi connectivity index (χ0) is 14.7. The molecule has 0 atom stereocenters. The molecule has 3 rings (SSSR count). The van der Waals surface area contributed by atoms with Crippen LogP contribution >= 0.6 is 0 Å². The number of para-hydroxylation sites is 1. The van der Waals surface area contributed by atoms with E-state index in [9.17, 15) is 9.18 Å². The van der Waals surface area contributed by atoms with Crippen molar-refractivity contribution < 1.29 is 9.18 Å². The molecule has 0 saturated heterocycles. The summed E-state index contributed by atoms with van der Waals surface area (Å²) < 4.78 is 13.5. The molecular formula is C15H11FN4O. The summed E-state index contributed by atoms with van der Waals surface area (Å²) in [6.07, 6.45) is 0. The van der Waals surface area contributed by atoms with Gasteiger partial charge in [-0.1, -0.05) is 30.3 Å². The number of hydrogen-bond donors (Lipinski definition) is 1. The lowest BCUT2D eigenvalue weighted by atomic mass is 10.2. The largest absolute Gasteiger partial charge is 0.345 e. The maximum Gasteiger partial charge on any atom is 0.291 e. The van der Waals surface area contributed by atoms with Gasteiger partial charge in [-0.05, 0) is 18.2 Å². The van der Waals surface area contributed by atoms with E-state index in [1.54, 1.807) is 36.4 Å². The predicted molar refractivity (Wildman–Crippen MR) is 74.9 cm³/mol. The van der Waals surface area contributed by atoms with Crippen LogP contribution in [0.25, 0.3) is 11.0 Å². The molecule has 1 N–H and O–H groups in total. The number of nitrogens with zero attached hydrogens (tertiary/aromatic N) is 3. The van der Waals surface area contributed by atoms with Crippen LogP contribution in [-0.4, -0.2) is 21.1 Å². The molecule has 0 radical (unpaired) electrons. The second-order valence-electron chi connectivity index (χ2n) is 4.40. The average molecular weight is 282 g/mol. The van der Waals surface area contributed by atoms with Crippen LogP contribution in [0.1, 0.15) is 16.2 Å². The summed E-state index contributed by atoms with van der Waals surface area (Å²) in [6.45, 7) is 0.0711. The van der Waals surface area contributed by atoms with E-state index in [1.807, 2.05) is 6.07 Å². The normalized spacial score (nSPS) is 10.5. The molecule has 6 heteroatoms. The number of carbonyl (C=O) groups is 1. The molecule has 0 aliphatic rings. The standard InChI is InChI=1S/C15H11FN4O/c16-11-6-2-1-5-10(11)9-17-15(21)14-18-12-7-3-4-8-13(12)19-20-14/h1-8H,9H2,(H,17,21). The number of halogens is 1. The van der Waals surface area contributed by atoms with E-state index in [1.165, 1.54) is 6.07 Å². The van der Waals surface area contributed by atoms with Gasteiger partial charge in [-0.15, -0.1) is 10.2 Å². The lowest BCUT2D eigenvalue weighted by Gasteiger charge is -2.05. The fourth-order valence-corrected chi connectivity index (χ4v) is 1.87. The van der Waals surface area contributed by atoms with Crippen molar-refractivity contribution in [2.75, 3.05) is 0 Å². The molecule has 3 aromatic rings. The first-order chi connectivity index (χ1) is 10.2. The highest BCUT2D eigenvalue weighted by atomic mass is 19.1. The average Bonchev–Trinajstić information content (AvgIpc) is 2.53. The molecular weight excluding hydrogens is 271 g/mol. The van der Waals surface area contributed by atoms with Crippen LogP contribution in [0.15, 0.2) is 48.5 Å². The van der Waals surface area contributed by atoms with Crippen molar-refractivity contribution in [1.29, 1.82) is 0 Å². The summed E-state index contributed by atoms with van der Waals surface area (Å²) in [7, 11) is 0. The van der Waals surface area contributed by atoms with Crippen molar-refractivity contribution in [2.45, 2.75) is 6.54 Å². The molecule has 1 amide bonds. The van der Waals surface area contributed by atoms with E-state index in [2.05, 4.69) is 20.5 Å². The van der Waals surface area contributed by atoms with Crippen LogP contribution in [0.4, 0.5) is 4.39 Å². The molecule has 1 heterocycles. The van der Waals surface area contributed by atoms with E-state index in [0.717, 1.165) is 0 Å². The maximum absolute atomic E-state index is 13.5. The molecule has 5 nitrogen and oxygen atoms in total. The summed E-state index contributed by atoms with van der Waals surface area (Å²) >= 11 is 0. The maximum atomic E-state index is 13.5. The number of benzene rings is 2. The third-order valence-corrected chi connectivity index (χ3v) is 2.96. The first kappa shape index (κ1) is 13.1. The van der Waals surface area contributed by atoms with Crippen molar-refractivity contribution >= 4 is 16.9 Å². The van der Waals surface area contributed by atoms with Gasteiger partial charge >= 0.3 is 0 Å². The van der Waals surface area contributed by atoms with Crippen LogP contribution in [0.5, 0.6) is 0 Å². The Morgan fingerprint density at radius 1 is 1.00 bits per heavy atom. The summed E-state index contributed by atoms with van der Waals surface area (Å²) in [6, 6.07) is 13.4. The van der Waals surface area contributed by atoms with E-state index in [-0.39, 0.29) is 18.2 Å². The van der Waals surface area contributed by atoms with Crippen molar-refractivity contribution in [3.05, 3.63) is 65.7 Å². The second kappa shape index (κ2) is 5.62. The van der Waals surface area contributed by atoms with Gasteiger partial charge in [0, 0.05) is 12.1 Å². The van der Waals surface area contributed by atoms with Crippen molar-refractivity contribution in [1.82, 2.24) is 20.5 Å². The third kappa shape index (κ3) is 2.84. The van der Waals surface area contributed by atoms with Crippen LogP contribution in [0, 0.1) is 5.82 Å². The summed E-state index contributed by atoms with van der Waals surface area (Å²) in [5.74, 6) is -0.892. The van der Waals surface area contributed by atoms with E-state index in [0.29, 0.717) is 16.6 Å². The second-order valence-corrected chi connectivity index (χ2v) is 4.40. The fourth-order valence-electron chi connectivity index (χ4n) is 1.87. The first-order valence-corrected chi connectivity index (χ1v) is 6.35. The minimum atomic E-state index is -0.489. The number of carbonyl (C=O) groups excluding carboxylic acids is 1. The Morgan fingerprint density at radius 3 is 2.52 bits per heavy atom. The monoisotopic (exact) mass is 282 g/mol. The number of hydrogen-bond acceptors (Lipinski definition) is 4. The number of nitrogens with one attached hydrogen (secondary N) is 1. The van der Waals surface area contributed by atoms with Gasteiger partial charge in [-0.25, -0.2) is 9.37 Å². The minimum absolute atomic E-state index is 0.0370. The quantitative estimate of drug-likeness (QED) is 0.798. The molecule has 0 saturated carbocycles. The number of rotatable bonds is 3. The third-order valence-electron chi connectivity index (χ3n) is 2.96. The Hall–Kier alpha value is -2.89. The molecule has 1 aromatic heterocycles. The van der Waals surface area contributed by atoms with Gasteiger partial charge in [0.15, 0.2) is 0 Å². The van der Waals surface area contributed by atoms with Gasteiger partial charge < -0.3 is 5.32 Å². The Balaban J connectivity index is 1.76. The number of aromatic nitrogens is 3. The lowest BCUT2D eigenvalue weighted by Crippen LogP contribution is -2.25. The van der Waals surface area contributed by atoms with Crippen molar-refractivity contribution in [3.63, 3.8) is 0 Å². The molecule has 21 heavy (non-hydrogen) atoms. The first-order valence-electron chi connectivity index (χ1n) is 6.35. The fraction of sp³-hybridized carbons (Fsp3) is 0.0667. The molecule has 0 bridgehead atoms. The Morgan fingerprint density at radius 2 is 1.71 bits per heavy atom. The van der Waals surface area contributed by atoms with Gasteiger partial charge in [0.25, 0.3) is 5.91 Å². The lowest BCUT2D eigenvalue weighted by molar-refractivity contribution is 0.0939. The summed E-state index contributed by atoms with van der Waals surface area (Å²) in [4.78, 5) is 16.1. The molecule has 0 aliphatic carbocycles. The van der Waals surface area contributed by atoms with Crippen LogP contribution in [0.3, 0.4) is 0 Å². The molecule has 0 unspecified atom stereocenters.